The van der Waals surface area contributed by atoms with Gasteiger partial charge >= 0.3 is 0 Å². The Balaban J connectivity index is 2.14. The van der Waals surface area contributed by atoms with E-state index < -0.39 is 0 Å². The van der Waals surface area contributed by atoms with E-state index in [1.165, 1.54) is 11.1 Å². The number of fused-ring (bicyclic) bond motifs is 1. The molecule has 1 aliphatic heterocycles. The van der Waals surface area contributed by atoms with Crippen molar-refractivity contribution in [3.8, 4) is 0 Å². The van der Waals surface area contributed by atoms with E-state index in [0.29, 0.717) is 5.95 Å². The number of rotatable bonds is 2. The van der Waals surface area contributed by atoms with Crippen molar-refractivity contribution < 1.29 is 0 Å². The number of nitrogen functional groups attached to an aromatic ring is 1. The van der Waals surface area contributed by atoms with Crippen LogP contribution in [0.2, 0.25) is 0 Å². The maximum atomic E-state index is 5.69. The number of allylic oxidation sites excluding steroid dienone is 1. The van der Waals surface area contributed by atoms with Crippen molar-refractivity contribution in [2.24, 2.45) is 0 Å². The van der Waals surface area contributed by atoms with Gasteiger partial charge in [0.25, 0.3) is 0 Å². The Morgan fingerprint density at radius 2 is 2.12 bits per heavy atom. The number of nitrogens with two attached hydrogens (primary N) is 1. The monoisotopic (exact) mass is 320 g/mol. The number of benzene rings is 1. The molecule has 0 fully saturated rings. The molecule has 0 atom stereocenters. The van der Waals surface area contributed by atoms with E-state index in [9.17, 15) is 0 Å². The Labute approximate surface area is 143 Å². The number of aromatic nitrogens is 2. The van der Waals surface area contributed by atoms with Crippen LogP contribution in [0.25, 0.3) is 11.3 Å². The van der Waals surface area contributed by atoms with Gasteiger partial charge in [-0.2, -0.15) is 0 Å². The summed E-state index contributed by atoms with van der Waals surface area (Å²) < 4.78 is 0. The standard InChI is InChI=1S/C20H24N4/c1-6-15(17-10-22-19(21)24-13(17)3)14-7-8-16-12(2)23-11-20(4,5)18(16)9-14/h6-10,23H,2,11H2,1,3-5H3,(H2,21,22,24)/b15-6-. The number of hydrogen-bond acceptors (Lipinski definition) is 4. The first-order chi connectivity index (χ1) is 11.3. The molecule has 0 saturated carbocycles. The van der Waals surface area contributed by atoms with Gasteiger partial charge in [-0.05, 0) is 36.6 Å². The molecule has 1 aromatic heterocycles. The molecule has 124 valence electrons. The van der Waals surface area contributed by atoms with Crippen LogP contribution in [0.5, 0.6) is 0 Å². The maximum absolute atomic E-state index is 5.69. The van der Waals surface area contributed by atoms with Gasteiger partial charge in [0.15, 0.2) is 0 Å². The van der Waals surface area contributed by atoms with Crippen molar-refractivity contribution in [1.29, 1.82) is 0 Å². The molecular weight excluding hydrogens is 296 g/mol. The molecule has 0 bridgehead atoms. The molecule has 0 aliphatic carbocycles. The summed E-state index contributed by atoms with van der Waals surface area (Å²) in [6.07, 6.45) is 3.91. The molecule has 4 heteroatoms. The van der Waals surface area contributed by atoms with E-state index in [1.54, 1.807) is 6.20 Å². The minimum absolute atomic E-state index is 0.0536. The number of aryl methyl sites for hydroxylation is 1. The summed E-state index contributed by atoms with van der Waals surface area (Å²) in [6.45, 7) is 13.5. The number of hydrogen-bond donors (Lipinski definition) is 2. The molecule has 24 heavy (non-hydrogen) atoms. The highest BCUT2D eigenvalue weighted by atomic mass is 15.0. The summed E-state index contributed by atoms with van der Waals surface area (Å²) in [4.78, 5) is 8.46. The lowest BCUT2D eigenvalue weighted by Gasteiger charge is -2.35. The van der Waals surface area contributed by atoms with Crippen LogP contribution in [0.1, 0.15) is 48.7 Å². The molecule has 0 spiro atoms. The minimum atomic E-state index is 0.0536. The van der Waals surface area contributed by atoms with Crippen molar-refractivity contribution in [2.75, 3.05) is 12.3 Å². The molecule has 1 aromatic carbocycles. The van der Waals surface area contributed by atoms with E-state index in [0.717, 1.165) is 34.6 Å². The van der Waals surface area contributed by atoms with Crippen LogP contribution < -0.4 is 11.1 Å². The number of anilines is 1. The van der Waals surface area contributed by atoms with Crippen LogP contribution >= 0.6 is 0 Å². The highest BCUT2D eigenvalue weighted by molar-refractivity contribution is 5.82. The van der Waals surface area contributed by atoms with E-state index in [-0.39, 0.29) is 5.41 Å². The quantitative estimate of drug-likeness (QED) is 0.886. The zero-order valence-corrected chi connectivity index (χ0v) is 14.8. The first-order valence-electron chi connectivity index (χ1n) is 8.17. The molecular formula is C20H24N4. The van der Waals surface area contributed by atoms with Crippen LogP contribution in [0.3, 0.4) is 0 Å². The van der Waals surface area contributed by atoms with E-state index >= 15 is 0 Å². The number of nitrogens with zero attached hydrogens (tertiary/aromatic N) is 2. The van der Waals surface area contributed by atoms with E-state index in [4.69, 9.17) is 5.73 Å². The van der Waals surface area contributed by atoms with Crippen molar-refractivity contribution in [3.63, 3.8) is 0 Å². The van der Waals surface area contributed by atoms with Crippen LogP contribution in [-0.4, -0.2) is 16.5 Å². The molecule has 0 saturated heterocycles. The Bertz CT molecular complexity index is 847. The molecule has 3 rings (SSSR count). The fraction of sp³-hybridized carbons (Fsp3) is 0.300. The highest BCUT2D eigenvalue weighted by Gasteiger charge is 2.29. The fourth-order valence-corrected chi connectivity index (χ4v) is 3.28. The van der Waals surface area contributed by atoms with E-state index in [2.05, 4.69) is 60.0 Å². The molecule has 0 radical (unpaired) electrons. The molecule has 0 amide bonds. The second-order valence-electron chi connectivity index (χ2n) is 6.91. The van der Waals surface area contributed by atoms with Gasteiger partial charge in [-0.3, -0.25) is 0 Å². The smallest absolute Gasteiger partial charge is 0.220 e. The van der Waals surface area contributed by atoms with Gasteiger partial charge < -0.3 is 11.1 Å². The Morgan fingerprint density at radius 3 is 2.79 bits per heavy atom. The molecule has 3 N–H and O–H groups in total. The van der Waals surface area contributed by atoms with Crippen molar-refractivity contribution >= 4 is 17.2 Å². The first kappa shape index (κ1) is 16.2. The minimum Gasteiger partial charge on any atom is -0.384 e. The summed E-state index contributed by atoms with van der Waals surface area (Å²) >= 11 is 0. The third-order valence-corrected chi connectivity index (χ3v) is 4.71. The average molecular weight is 320 g/mol. The van der Waals surface area contributed by atoms with Crippen LogP contribution in [-0.2, 0) is 5.41 Å². The first-order valence-corrected chi connectivity index (χ1v) is 8.17. The molecule has 0 unspecified atom stereocenters. The largest absolute Gasteiger partial charge is 0.384 e. The predicted octanol–water partition coefficient (Wildman–Crippen LogP) is 3.67. The van der Waals surface area contributed by atoms with Gasteiger partial charge in [-0.15, -0.1) is 0 Å². The Morgan fingerprint density at radius 1 is 1.38 bits per heavy atom. The van der Waals surface area contributed by atoms with Gasteiger partial charge in [-0.25, -0.2) is 9.97 Å². The van der Waals surface area contributed by atoms with Crippen molar-refractivity contribution in [3.05, 3.63) is 65.0 Å². The second-order valence-corrected chi connectivity index (χ2v) is 6.91. The normalized spacial score (nSPS) is 16.5. The summed E-state index contributed by atoms with van der Waals surface area (Å²) in [5.74, 6) is 0.306. The predicted molar refractivity (Wildman–Crippen MR) is 100 cm³/mol. The lowest BCUT2D eigenvalue weighted by Crippen LogP contribution is -2.37. The topological polar surface area (TPSA) is 63.8 Å². The van der Waals surface area contributed by atoms with E-state index in [1.807, 2.05) is 13.8 Å². The summed E-state index contributed by atoms with van der Waals surface area (Å²) in [5, 5.41) is 3.40. The second kappa shape index (κ2) is 5.78. The van der Waals surface area contributed by atoms with Gasteiger partial charge in [-0.1, -0.05) is 38.6 Å². The Hall–Kier alpha value is -2.62. The van der Waals surface area contributed by atoms with Crippen molar-refractivity contribution in [2.45, 2.75) is 33.1 Å². The van der Waals surface area contributed by atoms with Gasteiger partial charge in [0.05, 0.1) is 5.69 Å². The van der Waals surface area contributed by atoms with Crippen LogP contribution in [0.4, 0.5) is 5.95 Å². The summed E-state index contributed by atoms with van der Waals surface area (Å²) in [7, 11) is 0. The van der Waals surface area contributed by atoms with Gasteiger partial charge in [0.2, 0.25) is 5.95 Å². The summed E-state index contributed by atoms with van der Waals surface area (Å²) in [6, 6.07) is 6.56. The zero-order valence-electron chi connectivity index (χ0n) is 14.8. The van der Waals surface area contributed by atoms with Gasteiger partial charge in [0, 0.05) is 35.0 Å². The fourth-order valence-electron chi connectivity index (χ4n) is 3.28. The van der Waals surface area contributed by atoms with Crippen LogP contribution in [0.15, 0.2) is 37.1 Å². The molecule has 2 aromatic rings. The average Bonchev–Trinajstić information content (AvgIpc) is 2.54. The Kier molecular flexibility index (Phi) is 3.91. The highest BCUT2D eigenvalue weighted by Crippen LogP contribution is 2.36. The number of nitrogens with one attached hydrogen (secondary N) is 1. The SMILES string of the molecule is C=C1NCC(C)(C)c2cc(/C(=C/C)c3cnc(N)nc3C)ccc21. The van der Waals surface area contributed by atoms with Gasteiger partial charge in [0.1, 0.15) is 0 Å². The third kappa shape index (κ3) is 2.68. The lowest BCUT2D eigenvalue weighted by molar-refractivity contribution is 0.493. The molecule has 4 nitrogen and oxygen atoms in total. The zero-order chi connectivity index (χ0) is 17.5. The third-order valence-electron chi connectivity index (χ3n) is 4.71. The van der Waals surface area contributed by atoms with Crippen LogP contribution in [0, 0.1) is 6.92 Å². The molecule has 2 heterocycles. The summed E-state index contributed by atoms with van der Waals surface area (Å²) in [5.41, 5.74) is 13.4. The maximum Gasteiger partial charge on any atom is 0.220 e. The molecule has 1 aliphatic rings. The van der Waals surface area contributed by atoms with Crippen molar-refractivity contribution in [1.82, 2.24) is 15.3 Å². The lowest BCUT2D eigenvalue weighted by atomic mass is 9.77.